The van der Waals surface area contributed by atoms with E-state index < -0.39 is 11.6 Å². The molecule has 2 aromatic carbocycles. The van der Waals surface area contributed by atoms with Gasteiger partial charge in [0.1, 0.15) is 0 Å². The third-order valence-corrected chi connectivity index (χ3v) is 6.28. The fraction of sp³-hybridized carbons (Fsp3) is 0.458. The van der Waals surface area contributed by atoms with Crippen molar-refractivity contribution < 1.29 is 13.6 Å². The van der Waals surface area contributed by atoms with Crippen molar-refractivity contribution in [1.29, 1.82) is 0 Å². The number of nitrogens with one attached hydrogen (secondary N) is 1. The van der Waals surface area contributed by atoms with Crippen LogP contribution in [0.2, 0.25) is 0 Å². The molecule has 0 saturated carbocycles. The van der Waals surface area contributed by atoms with E-state index in [1.165, 1.54) is 23.4 Å². The SMILES string of the molecule is Cc1ccc(N2CCCN(C(=O)NCC3CCN(c4ccc(F)c(F)c4)C3)CC2)cc1. The number of rotatable bonds is 4. The molecule has 31 heavy (non-hydrogen) atoms. The van der Waals surface area contributed by atoms with Crippen LogP contribution in [0.5, 0.6) is 0 Å². The molecule has 0 spiro atoms. The number of anilines is 2. The Morgan fingerprint density at radius 3 is 2.48 bits per heavy atom. The van der Waals surface area contributed by atoms with E-state index in [9.17, 15) is 13.6 Å². The second kappa shape index (κ2) is 9.54. The molecule has 0 aromatic heterocycles. The predicted molar refractivity (Wildman–Crippen MR) is 120 cm³/mol. The zero-order chi connectivity index (χ0) is 21.8. The van der Waals surface area contributed by atoms with Gasteiger partial charge in [-0.25, -0.2) is 13.6 Å². The molecule has 2 heterocycles. The zero-order valence-electron chi connectivity index (χ0n) is 18.0. The van der Waals surface area contributed by atoms with E-state index >= 15 is 0 Å². The molecule has 2 aliphatic heterocycles. The summed E-state index contributed by atoms with van der Waals surface area (Å²) in [6, 6.07) is 12.5. The van der Waals surface area contributed by atoms with Crippen molar-refractivity contribution in [3.63, 3.8) is 0 Å². The van der Waals surface area contributed by atoms with Gasteiger partial charge in [0.2, 0.25) is 0 Å². The van der Waals surface area contributed by atoms with Crippen LogP contribution in [0.1, 0.15) is 18.4 Å². The molecule has 0 aliphatic carbocycles. The first kappa shape index (κ1) is 21.4. The number of hydrogen-bond acceptors (Lipinski definition) is 3. The molecule has 7 heteroatoms. The highest BCUT2D eigenvalue weighted by Crippen LogP contribution is 2.25. The van der Waals surface area contributed by atoms with Gasteiger partial charge in [-0.05, 0) is 49.9 Å². The fourth-order valence-electron chi connectivity index (χ4n) is 4.39. The molecule has 2 fully saturated rings. The minimum absolute atomic E-state index is 0.0166. The Morgan fingerprint density at radius 1 is 0.935 bits per heavy atom. The van der Waals surface area contributed by atoms with Crippen LogP contribution in [-0.4, -0.2) is 56.7 Å². The Morgan fingerprint density at radius 2 is 1.71 bits per heavy atom. The van der Waals surface area contributed by atoms with Crippen LogP contribution in [0.15, 0.2) is 42.5 Å². The smallest absolute Gasteiger partial charge is 0.317 e. The first-order valence-corrected chi connectivity index (χ1v) is 11.0. The summed E-state index contributed by atoms with van der Waals surface area (Å²) in [6.07, 6.45) is 1.86. The number of aryl methyl sites for hydroxylation is 1. The highest BCUT2D eigenvalue weighted by molar-refractivity contribution is 5.74. The van der Waals surface area contributed by atoms with Crippen LogP contribution in [0.3, 0.4) is 0 Å². The lowest BCUT2D eigenvalue weighted by Gasteiger charge is -2.24. The molecule has 4 rings (SSSR count). The van der Waals surface area contributed by atoms with Crippen molar-refractivity contribution in [2.45, 2.75) is 19.8 Å². The molecule has 5 nitrogen and oxygen atoms in total. The molecule has 2 aliphatic rings. The molecule has 1 atom stereocenters. The van der Waals surface area contributed by atoms with E-state index in [0.717, 1.165) is 45.6 Å². The molecule has 166 valence electrons. The molecule has 2 amide bonds. The Kier molecular flexibility index (Phi) is 6.59. The van der Waals surface area contributed by atoms with Crippen LogP contribution >= 0.6 is 0 Å². The molecule has 2 aromatic rings. The van der Waals surface area contributed by atoms with Crippen molar-refractivity contribution in [2.24, 2.45) is 5.92 Å². The van der Waals surface area contributed by atoms with Gasteiger partial charge in [-0.15, -0.1) is 0 Å². The monoisotopic (exact) mass is 428 g/mol. The molecular formula is C24H30F2N4O. The van der Waals surface area contributed by atoms with Gasteiger partial charge < -0.3 is 20.0 Å². The van der Waals surface area contributed by atoms with Crippen LogP contribution in [0.4, 0.5) is 25.0 Å². The van der Waals surface area contributed by atoms with E-state index in [1.54, 1.807) is 6.07 Å². The highest BCUT2D eigenvalue weighted by Gasteiger charge is 2.25. The van der Waals surface area contributed by atoms with Gasteiger partial charge in [0, 0.05) is 63.3 Å². The highest BCUT2D eigenvalue weighted by atomic mass is 19.2. The topological polar surface area (TPSA) is 38.8 Å². The molecule has 0 bridgehead atoms. The van der Waals surface area contributed by atoms with Crippen molar-refractivity contribution in [3.8, 4) is 0 Å². The maximum absolute atomic E-state index is 13.5. The number of hydrogen-bond donors (Lipinski definition) is 1. The Labute approximate surface area is 182 Å². The fourth-order valence-corrected chi connectivity index (χ4v) is 4.39. The van der Waals surface area contributed by atoms with Gasteiger partial charge in [-0.2, -0.15) is 0 Å². The summed E-state index contributed by atoms with van der Waals surface area (Å²) in [6.45, 7) is 7.40. The molecule has 1 N–H and O–H groups in total. The van der Waals surface area contributed by atoms with Gasteiger partial charge in [-0.1, -0.05) is 17.7 Å². The van der Waals surface area contributed by atoms with Crippen LogP contribution in [0, 0.1) is 24.5 Å². The summed E-state index contributed by atoms with van der Waals surface area (Å²) in [7, 11) is 0. The summed E-state index contributed by atoms with van der Waals surface area (Å²) in [5.41, 5.74) is 3.14. The van der Waals surface area contributed by atoms with E-state index in [-0.39, 0.29) is 6.03 Å². The minimum atomic E-state index is -0.829. The zero-order valence-corrected chi connectivity index (χ0v) is 18.0. The number of halogens is 2. The maximum atomic E-state index is 13.5. The van der Waals surface area contributed by atoms with Crippen molar-refractivity contribution >= 4 is 17.4 Å². The lowest BCUT2D eigenvalue weighted by Crippen LogP contribution is -2.43. The van der Waals surface area contributed by atoms with Crippen LogP contribution < -0.4 is 15.1 Å². The van der Waals surface area contributed by atoms with E-state index in [1.807, 2.05) is 9.80 Å². The Hall–Kier alpha value is -2.83. The Bertz CT molecular complexity index is 905. The van der Waals surface area contributed by atoms with Gasteiger partial charge in [0.25, 0.3) is 0 Å². The average molecular weight is 429 g/mol. The largest absolute Gasteiger partial charge is 0.371 e. The standard InChI is InChI=1S/C24H30F2N4O/c1-18-3-5-20(6-4-18)28-10-2-11-29(14-13-28)24(31)27-16-19-9-12-30(17-19)21-7-8-22(25)23(26)15-21/h3-8,15,19H,2,9-14,16-17H2,1H3,(H,27,31). The number of urea groups is 1. The minimum Gasteiger partial charge on any atom is -0.371 e. The first-order valence-electron chi connectivity index (χ1n) is 11.0. The molecule has 2 saturated heterocycles. The van der Waals surface area contributed by atoms with Crippen molar-refractivity contribution in [1.82, 2.24) is 10.2 Å². The van der Waals surface area contributed by atoms with E-state index in [4.69, 9.17) is 0 Å². The summed E-state index contributed by atoms with van der Waals surface area (Å²) in [4.78, 5) is 19.0. The van der Waals surface area contributed by atoms with Crippen LogP contribution in [0.25, 0.3) is 0 Å². The van der Waals surface area contributed by atoms with Gasteiger partial charge in [0.05, 0.1) is 0 Å². The second-order valence-electron chi connectivity index (χ2n) is 8.55. The number of benzene rings is 2. The molecular weight excluding hydrogens is 398 g/mol. The quantitative estimate of drug-likeness (QED) is 0.800. The first-order chi connectivity index (χ1) is 15.0. The molecule has 1 unspecified atom stereocenters. The van der Waals surface area contributed by atoms with E-state index in [2.05, 4.69) is 41.4 Å². The van der Waals surface area contributed by atoms with Crippen molar-refractivity contribution in [3.05, 3.63) is 59.7 Å². The number of nitrogens with zero attached hydrogens (tertiary/aromatic N) is 3. The number of carbonyl (C=O) groups excluding carboxylic acids is 1. The normalized spacial score (nSPS) is 19.5. The summed E-state index contributed by atoms with van der Waals surface area (Å²) in [5.74, 6) is -1.35. The van der Waals surface area contributed by atoms with Crippen molar-refractivity contribution in [2.75, 3.05) is 55.6 Å². The lowest BCUT2D eigenvalue weighted by atomic mass is 10.1. The van der Waals surface area contributed by atoms with Crippen LogP contribution in [-0.2, 0) is 0 Å². The summed E-state index contributed by atoms with van der Waals surface area (Å²) in [5, 5.41) is 3.08. The predicted octanol–water partition coefficient (Wildman–Crippen LogP) is 4.02. The maximum Gasteiger partial charge on any atom is 0.317 e. The number of carbonyl (C=O) groups is 1. The van der Waals surface area contributed by atoms with Gasteiger partial charge in [0.15, 0.2) is 11.6 Å². The third-order valence-electron chi connectivity index (χ3n) is 6.28. The lowest BCUT2D eigenvalue weighted by molar-refractivity contribution is 0.200. The third kappa shape index (κ3) is 5.27. The average Bonchev–Trinajstić information content (AvgIpc) is 3.11. The van der Waals surface area contributed by atoms with Gasteiger partial charge in [-0.3, -0.25) is 0 Å². The van der Waals surface area contributed by atoms with E-state index in [0.29, 0.717) is 24.7 Å². The van der Waals surface area contributed by atoms with Gasteiger partial charge >= 0.3 is 6.03 Å². The Balaban J connectivity index is 1.24. The summed E-state index contributed by atoms with van der Waals surface area (Å²) >= 11 is 0. The second-order valence-corrected chi connectivity index (χ2v) is 8.55. The summed E-state index contributed by atoms with van der Waals surface area (Å²) < 4.78 is 26.7. The molecule has 0 radical (unpaired) electrons. The number of amides is 2.